The van der Waals surface area contributed by atoms with E-state index in [2.05, 4.69) is 10.6 Å². The van der Waals surface area contributed by atoms with Crippen LogP contribution >= 0.6 is 11.6 Å². The van der Waals surface area contributed by atoms with Crippen molar-refractivity contribution in [1.29, 1.82) is 10.5 Å². The zero-order valence-corrected chi connectivity index (χ0v) is 11.8. The molecule has 1 aromatic rings. The maximum Gasteiger partial charge on any atom is 0.226 e. The molecule has 1 rings (SSSR count). The van der Waals surface area contributed by atoms with Gasteiger partial charge in [0.25, 0.3) is 0 Å². The summed E-state index contributed by atoms with van der Waals surface area (Å²) in [5.41, 5.74) is 0.959. The van der Waals surface area contributed by atoms with Gasteiger partial charge in [0.2, 0.25) is 5.91 Å². The van der Waals surface area contributed by atoms with Crippen LogP contribution in [0, 0.1) is 28.6 Å². The highest BCUT2D eigenvalue weighted by Gasteiger charge is 2.10. The number of nitrogens with zero attached hydrogens (tertiary/aromatic N) is 2. The standard InChI is InChI=1S/C14H13ClN4O/c1-9(2)14(20)19-12-4-3-11(15)5-13(12)18-8-10(6-16)7-17/h3-5,8-9,18H,1-2H3,(H,19,20). The molecule has 0 saturated carbocycles. The molecular formula is C14H13ClN4O. The second-order valence-corrected chi connectivity index (χ2v) is 4.70. The van der Waals surface area contributed by atoms with Crippen LogP contribution in [0.1, 0.15) is 13.8 Å². The minimum absolute atomic E-state index is 0.0777. The Balaban J connectivity index is 3.03. The zero-order valence-electron chi connectivity index (χ0n) is 11.1. The van der Waals surface area contributed by atoms with E-state index in [1.807, 2.05) is 0 Å². The molecule has 1 amide bonds. The molecule has 2 N–H and O–H groups in total. The van der Waals surface area contributed by atoms with Crippen LogP contribution < -0.4 is 10.6 Å². The van der Waals surface area contributed by atoms with Gasteiger partial charge >= 0.3 is 0 Å². The first-order valence-corrected chi connectivity index (χ1v) is 6.23. The van der Waals surface area contributed by atoms with E-state index in [-0.39, 0.29) is 17.4 Å². The van der Waals surface area contributed by atoms with Gasteiger partial charge in [-0.3, -0.25) is 4.79 Å². The van der Waals surface area contributed by atoms with E-state index < -0.39 is 0 Å². The van der Waals surface area contributed by atoms with Crippen LogP contribution in [0.2, 0.25) is 5.02 Å². The van der Waals surface area contributed by atoms with Crippen molar-refractivity contribution in [3.63, 3.8) is 0 Å². The van der Waals surface area contributed by atoms with Gasteiger partial charge in [0.1, 0.15) is 17.7 Å². The SMILES string of the molecule is CC(C)C(=O)Nc1ccc(Cl)cc1NC=C(C#N)C#N. The number of rotatable bonds is 4. The van der Waals surface area contributed by atoms with E-state index in [9.17, 15) is 4.79 Å². The first-order valence-electron chi connectivity index (χ1n) is 5.85. The fourth-order valence-corrected chi connectivity index (χ4v) is 1.43. The number of anilines is 2. The Morgan fingerprint density at radius 2 is 1.95 bits per heavy atom. The summed E-state index contributed by atoms with van der Waals surface area (Å²) in [5.74, 6) is -0.303. The molecule has 0 fully saturated rings. The number of carbonyl (C=O) groups excluding carboxylic acids is 1. The molecule has 20 heavy (non-hydrogen) atoms. The highest BCUT2D eigenvalue weighted by molar-refractivity contribution is 6.31. The minimum atomic E-state index is -0.164. The quantitative estimate of drug-likeness (QED) is 0.832. The monoisotopic (exact) mass is 288 g/mol. The summed E-state index contributed by atoms with van der Waals surface area (Å²) in [6.45, 7) is 3.56. The third-order valence-corrected chi connectivity index (χ3v) is 2.61. The van der Waals surface area contributed by atoms with Gasteiger partial charge < -0.3 is 10.6 Å². The Hall–Kier alpha value is -2.50. The predicted molar refractivity (Wildman–Crippen MR) is 77.9 cm³/mol. The zero-order chi connectivity index (χ0) is 15.1. The van der Waals surface area contributed by atoms with Crippen LogP contribution in [-0.4, -0.2) is 5.91 Å². The Bertz CT molecular complexity index is 607. The largest absolute Gasteiger partial charge is 0.358 e. The van der Waals surface area contributed by atoms with E-state index in [0.717, 1.165) is 0 Å². The highest BCUT2D eigenvalue weighted by Crippen LogP contribution is 2.26. The lowest BCUT2D eigenvalue weighted by Crippen LogP contribution is -2.18. The molecule has 0 aliphatic rings. The second-order valence-electron chi connectivity index (χ2n) is 4.26. The molecule has 0 aromatic heterocycles. The highest BCUT2D eigenvalue weighted by atomic mass is 35.5. The van der Waals surface area contributed by atoms with Gasteiger partial charge in [0.05, 0.1) is 11.4 Å². The smallest absolute Gasteiger partial charge is 0.226 e. The summed E-state index contributed by atoms with van der Waals surface area (Å²) in [7, 11) is 0. The number of halogens is 1. The van der Waals surface area contributed by atoms with Crippen LogP contribution in [0.25, 0.3) is 0 Å². The number of hydrogen-bond donors (Lipinski definition) is 2. The van der Waals surface area contributed by atoms with Crippen molar-refractivity contribution in [3.8, 4) is 12.1 Å². The first-order chi connectivity index (χ1) is 9.47. The lowest BCUT2D eigenvalue weighted by molar-refractivity contribution is -0.118. The predicted octanol–water partition coefficient (Wildman–Crippen LogP) is 3.28. The third-order valence-electron chi connectivity index (χ3n) is 2.38. The molecule has 0 spiro atoms. The van der Waals surface area contributed by atoms with Crippen molar-refractivity contribution < 1.29 is 4.79 Å². The lowest BCUT2D eigenvalue weighted by Gasteiger charge is -2.13. The van der Waals surface area contributed by atoms with Crippen molar-refractivity contribution in [2.45, 2.75) is 13.8 Å². The first kappa shape index (κ1) is 15.6. The Kier molecular flexibility index (Phi) is 5.58. The van der Waals surface area contributed by atoms with E-state index in [4.69, 9.17) is 22.1 Å². The van der Waals surface area contributed by atoms with Crippen LogP contribution in [0.4, 0.5) is 11.4 Å². The Morgan fingerprint density at radius 3 is 2.50 bits per heavy atom. The van der Waals surface area contributed by atoms with Crippen molar-refractivity contribution in [3.05, 3.63) is 35.0 Å². The molecule has 1 aromatic carbocycles. The maximum atomic E-state index is 11.7. The van der Waals surface area contributed by atoms with Crippen molar-refractivity contribution in [2.75, 3.05) is 10.6 Å². The van der Waals surface area contributed by atoms with Crippen LogP contribution in [-0.2, 0) is 4.79 Å². The Labute approximate surface area is 122 Å². The number of carbonyl (C=O) groups is 1. The topological polar surface area (TPSA) is 88.7 Å². The molecule has 0 radical (unpaired) electrons. The third kappa shape index (κ3) is 4.31. The van der Waals surface area contributed by atoms with E-state index in [1.165, 1.54) is 6.20 Å². The van der Waals surface area contributed by atoms with Crippen molar-refractivity contribution in [2.24, 2.45) is 5.92 Å². The normalized spacial score (nSPS) is 9.30. The van der Waals surface area contributed by atoms with Crippen molar-refractivity contribution >= 4 is 28.9 Å². The molecule has 0 heterocycles. The average molecular weight is 289 g/mol. The summed E-state index contributed by atoms with van der Waals surface area (Å²) < 4.78 is 0. The van der Waals surface area contributed by atoms with Crippen LogP contribution in [0.5, 0.6) is 0 Å². The van der Waals surface area contributed by atoms with Crippen LogP contribution in [0.3, 0.4) is 0 Å². The van der Waals surface area contributed by atoms with E-state index in [1.54, 1.807) is 44.2 Å². The summed E-state index contributed by atoms with van der Waals surface area (Å²) in [4.78, 5) is 11.7. The molecule has 0 saturated heterocycles. The molecule has 6 heteroatoms. The minimum Gasteiger partial charge on any atom is -0.358 e. The second kappa shape index (κ2) is 7.18. The molecule has 102 valence electrons. The number of hydrogen-bond acceptors (Lipinski definition) is 4. The van der Waals surface area contributed by atoms with Gasteiger partial charge in [-0.15, -0.1) is 0 Å². The van der Waals surface area contributed by atoms with E-state index in [0.29, 0.717) is 16.4 Å². The number of benzene rings is 1. The van der Waals surface area contributed by atoms with Gasteiger partial charge in [-0.1, -0.05) is 25.4 Å². The summed E-state index contributed by atoms with van der Waals surface area (Å²) in [5, 5.41) is 23.3. The molecule has 0 aliphatic carbocycles. The van der Waals surface area contributed by atoms with Crippen LogP contribution in [0.15, 0.2) is 30.0 Å². The molecule has 0 bridgehead atoms. The van der Waals surface area contributed by atoms with Gasteiger partial charge in [-0.05, 0) is 18.2 Å². The number of nitriles is 2. The summed E-state index contributed by atoms with van der Waals surface area (Å²) in [6.07, 6.45) is 1.26. The number of nitrogens with one attached hydrogen (secondary N) is 2. The number of allylic oxidation sites excluding steroid dienone is 1. The molecule has 5 nitrogen and oxygen atoms in total. The Morgan fingerprint density at radius 1 is 1.30 bits per heavy atom. The van der Waals surface area contributed by atoms with E-state index >= 15 is 0 Å². The molecule has 0 atom stereocenters. The van der Waals surface area contributed by atoms with Gasteiger partial charge in [0.15, 0.2) is 0 Å². The lowest BCUT2D eigenvalue weighted by atomic mass is 10.2. The average Bonchev–Trinajstić information content (AvgIpc) is 2.42. The number of amides is 1. The maximum absolute atomic E-state index is 11.7. The molecular weight excluding hydrogens is 276 g/mol. The fourth-order valence-electron chi connectivity index (χ4n) is 1.26. The summed E-state index contributed by atoms with van der Waals surface area (Å²) in [6, 6.07) is 8.35. The molecule has 0 aliphatic heterocycles. The van der Waals surface area contributed by atoms with Gasteiger partial charge in [-0.25, -0.2) is 0 Å². The fraction of sp³-hybridized carbons (Fsp3) is 0.214. The van der Waals surface area contributed by atoms with Crippen molar-refractivity contribution in [1.82, 2.24) is 0 Å². The molecule has 0 unspecified atom stereocenters. The summed E-state index contributed by atoms with van der Waals surface area (Å²) >= 11 is 5.90. The van der Waals surface area contributed by atoms with Gasteiger partial charge in [-0.2, -0.15) is 10.5 Å². The van der Waals surface area contributed by atoms with Gasteiger partial charge in [0, 0.05) is 17.1 Å².